The third-order valence-corrected chi connectivity index (χ3v) is 4.50. The lowest BCUT2D eigenvalue weighted by Crippen LogP contribution is -2.17. The van der Waals surface area contributed by atoms with Crippen LogP contribution >= 0.6 is 15.9 Å². The quantitative estimate of drug-likeness (QED) is 0.302. The van der Waals surface area contributed by atoms with E-state index in [0.717, 1.165) is 22.3 Å². The Hall–Kier alpha value is -3.72. The van der Waals surface area contributed by atoms with Crippen LogP contribution in [-0.4, -0.2) is 22.2 Å². The summed E-state index contributed by atoms with van der Waals surface area (Å²) in [4.78, 5) is 22.4. The summed E-state index contributed by atoms with van der Waals surface area (Å²) in [7, 11) is 0. The summed E-state index contributed by atoms with van der Waals surface area (Å²) in [5.74, 6) is -0.0585. The van der Waals surface area contributed by atoms with E-state index in [9.17, 15) is 20.0 Å². The van der Waals surface area contributed by atoms with Crippen LogP contribution in [0.2, 0.25) is 0 Å². The van der Waals surface area contributed by atoms with Crippen molar-refractivity contribution in [2.75, 3.05) is 0 Å². The van der Waals surface area contributed by atoms with Crippen LogP contribution in [0.15, 0.2) is 76.3 Å². The zero-order chi connectivity index (χ0) is 21.5. The third kappa shape index (κ3) is 5.65. The summed E-state index contributed by atoms with van der Waals surface area (Å²) >= 11 is 3.41. The van der Waals surface area contributed by atoms with E-state index >= 15 is 0 Å². The second-order valence-electron chi connectivity index (χ2n) is 6.14. The summed E-state index contributed by atoms with van der Waals surface area (Å²) in [6.45, 7) is 0.391. The Balaban J connectivity index is 1.57. The molecular weight excluding hydrogens is 454 g/mol. The second kappa shape index (κ2) is 9.66. The number of amides is 1. The van der Waals surface area contributed by atoms with E-state index in [1.165, 1.54) is 12.1 Å². The molecule has 0 heterocycles. The normalized spacial score (nSPS) is 10.7. The van der Waals surface area contributed by atoms with Crippen molar-refractivity contribution in [2.45, 2.75) is 6.61 Å². The predicted molar refractivity (Wildman–Crippen MR) is 115 cm³/mol. The monoisotopic (exact) mass is 469 g/mol. The molecule has 1 amide bonds. The number of nitrogens with one attached hydrogen (secondary N) is 1. The van der Waals surface area contributed by atoms with Crippen molar-refractivity contribution in [3.8, 4) is 11.5 Å². The molecule has 0 radical (unpaired) electrons. The molecule has 152 valence electrons. The van der Waals surface area contributed by atoms with Gasteiger partial charge in [0.15, 0.2) is 0 Å². The Labute approximate surface area is 180 Å². The smallest absolute Gasteiger partial charge is 0.271 e. The van der Waals surface area contributed by atoms with E-state index in [4.69, 9.17) is 4.74 Å². The van der Waals surface area contributed by atoms with Crippen LogP contribution in [0.1, 0.15) is 21.5 Å². The molecule has 3 aromatic carbocycles. The van der Waals surface area contributed by atoms with Crippen molar-refractivity contribution in [1.29, 1.82) is 0 Å². The Kier molecular flexibility index (Phi) is 6.76. The maximum absolute atomic E-state index is 12.2. The number of halogens is 1. The zero-order valence-electron chi connectivity index (χ0n) is 15.5. The number of aromatic hydroxyl groups is 1. The standard InChI is InChI=1S/C21H16BrN3O5/c22-17-3-1-2-14(10-17)13-30-19-7-4-15(5-8-19)21(27)24-23-12-16-11-18(25(28)29)6-9-20(16)26/h1-12,26H,13H2,(H,24,27)/b23-12-. The molecule has 0 bridgehead atoms. The highest BCUT2D eigenvalue weighted by Gasteiger charge is 2.09. The molecule has 3 rings (SSSR count). The highest BCUT2D eigenvalue weighted by atomic mass is 79.9. The molecule has 30 heavy (non-hydrogen) atoms. The van der Waals surface area contributed by atoms with Crippen LogP contribution in [0, 0.1) is 10.1 Å². The average molecular weight is 470 g/mol. The first-order valence-electron chi connectivity index (χ1n) is 8.70. The molecule has 0 saturated heterocycles. The van der Waals surface area contributed by atoms with Gasteiger partial charge in [-0.05, 0) is 48.0 Å². The predicted octanol–water partition coefficient (Wildman–Crippen LogP) is 4.41. The average Bonchev–Trinajstić information content (AvgIpc) is 2.73. The number of phenolic OH excluding ortho intramolecular Hbond substituents is 1. The van der Waals surface area contributed by atoms with Crippen LogP contribution in [-0.2, 0) is 6.61 Å². The maximum atomic E-state index is 12.2. The van der Waals surface area contributed by atoms with Crippen LogP contribution in [0.5, 0.6) is 11.5 Å². The Morgan fingerprint density at radius 3 is 2.63 bits per heavy atom. The topological polar surface area (TPSA) is 114 Å². The van der Waals surface area contributed by atoms with E-state index in [2.05, 4.69) is 26.5 Å². The number of nitro groups is 1. The number of carbonyl (C=O) groups is 1. The van der Waals surface area contributed by atoms with Crippen LogP contribution < -0.4 is 10.2 Å². The van der Waals surface area contributed by atoms with Crippen molar-refractivity contribution in [3.05, 3.63) is 98.0 Å². The minimum Gasteiger partial charge on any atom is -0.507 e. The van der Waals surface area contributed by atoms with Gasteiger partial charge in [-0.3, -0.25) is 14.9 Å². The van der Waals surface area contributed by atoms with E-state index in [1.54, 1.807) is 24.3 Å². The second-order valence-corrected chi connectivity index (χ2v) is 7.06. The molecule has 0 aliphatic carbocycles. The van der Waals surface area contributed by atoms with E-state index < -0.39 is 10.8 Å². The molecule has 0 fully saturated rings. The number of ether oxygens (including phenoxy) is 1. The first-order valence-corrected chi connectivity index (χ1v) is 9.50. The molecule has 0 spiro atoms. The first-order chi connectivity index (χ1) is 14.4. The van der Waals surface area contributed by atoms with Crippen molar-refractivity contribution in [1.82, 2.24) is 5.43 Å². The number of rotatable bonds is 7. The van der Waals surface area contributed by atoms with Gasteiger partial charge in [0.05, 0.1) is 11.1 Å². The first kappa shape index (κ1) is 21.0. The van der Waals surface area contributed by atoms with Crippen LogP contribution in [0.3, 0.4) is 0 Å². The van der Waals surface area contributed by atoms with Gasteiger partial charge in [0.1, 0.15) is 18.1 Å². The van der Waals surface area contributed by atoms with Crippen LogP contribution in [0.25, 0.3) is 0 Å². The maximum Gasteiger partial charge on any atom is 0.271 e. The lowest BCUT2D eigenvalue weighted by Gasteiger charge is -2.07. The Morgan fingerprint density at radius 1 is 1.17 bits per heavy atom. The number of non-ortho nitro benzene ring substituents is 1. The number of hydrogen-bond acceptors (Lipinski definition) is 6. The third-order valence-electron chi connectivity index (χ3n) is 4.00. The van der Waals surface area contributed by atoms with Gasteiger partial charge < -0.3 is 9.84 Å². The molecule has 0 aromatic heterocycles. The van der Waals surface area contributed by atoms with Gasteiger partial charge in [-0.25, -0.2) is 5.43 Å². The van der Waals surface area contributed by atoms with Gasteiger partial charge in [-0.15, -0.1) is 0 Å². The fourth-order valence-electron chi connectivity index (χ4n) is 2.48. The number of hydrazone groups is 1. The SMILES string of the molecule is O=C(N/N=C\c1cc([N+](=O)[O-])ccc1O)c1ccc(OCc2cccc(Br)c2)cc1. The molecule has 0 saturated carbocycles. The summed E-state index contributed by atoms with van der Waals surface area (Å²) in [6, 6.07) is 17.8. The van der Waals surface area contributed by atoms with E-state index in [0.29, 0.717) is 17.9 Å². The van der Waals surface area contributed by atoms with Gasteiger partial charge in [0, 0.05) is 27.7 Å². The van der Waals surface area contributed by atoms with E-state index in [1.807, 2.05) is 24.3 Å². The van der Waals surface area contributed by atoms with Gasteiger partial charge >= 0.3 is 0 Å². The lowest BCUT2D eigenvalue weighted by atomic mass is 10.2. The summed E-state index contributed by atoms with van der Waals surface area (Å²) in [6.07, 6.45) is 1.13. The van der Waals surface area contributed by atoms with Gasteiger partial charge in [-0.1, -0.05) is 28.1 Å². The lowest BCUT2D eigenvalue weighted by molar-refractivity contribution is -0.384. The minimum atomic E-state index is -0.588. The highest BCUT2D eigenvalue weighted by Crippen LogP contribution is 2.21. The number of phenols is 1. The van der Waals surface area contributed by atoms with Gasteiger partial charge in [0.2, 0.25) is 0 Å². The number of benzene rings is 3. The molecule has 9 heteroatoms. The molecule has 2 N–H and O–H groups in total. The molecule has 8 nitrogen and oxygen atoms in total. The van der Waals surface area contributed by atoms with Gasteiger partial charge in [0.25, 0.3) is 11.6 Å². The molecule has 0 aliphatic rings. The fraction of sp³-hybridized carbons (Fsp3) is 0.0476. The van der Waals surface area contributed by atoms with E-state index in [-0.39, 0.29) is 17.0 Å². The molecule has 3 aromatic rings. The summed E-state index contributed by atoms with van der Waals surface area (Å²) < 4.78 is 6.67. The molecule has 0 aliphatic heterocycles. The van der Waals surface area contributed by atoms with Crippen molar-refractivity contribution in [2.24, 2.45) is 5.10 Å². The fourth-order valence-corrected chi connectivity index (χ4v) is 2.93. The van der Waals surface area contributed by atoms with Gasteiger partial charge in [-0.2, -0.15) is 5.10 Å². The number of nitrogens with zero attached hydrogens (tertiary/aromatic N) is 2. The molecular formula is C21H16BrN3O5. The van der Waals surface area contributed by atoms with Crippen molar-refractivity contribution < 1.29 is 19.6 Å². The van der Waals surface area contributed by atoms with Crippen molar-refractivity contribution in [3.63, 3.8) is 0 Å². The largest absolute Gasteiger partial charge is 0.507 e. The van der Waals surface area contributed by atoms with Crippen molar-refractivity contribution >= 4 is 33.7 Å². The zero-order valence-corrected chi connectivity index (χ0v) is 17.1. The Morgan fingerprint density at radius 2 is 1.93 bits per heavy atom. The Bertz CT molecular complexity index is 1100. The highest BCUT2D eigenvalue weighted by molar-refractivity contribution is 9.10. The molecule has 0 atom stereocenters. The van der Waals surface area contributed by atoms with Crippen LogP contribution in [0.4, 0.5) is 5.69 Å². The summed E-state index contributed by atoms with van der Waals surface area (Å²) in [5, 5.41) is 24.3. The number of nitro benzene ring substituents is 1. The molecule has 0 unspecified atom stereocenters. The number of carbonyl (C=O) groups excluding carboxylic acids is 1. The number of hydrogen-bond donors (Lipinski definition) is 2. The minimum absolute atomic E-state index is 0.112. The summed E-state index contributed by atoms with van der Waals surface area (Å²) in [5.41, 5.74) is 3.58.